The molecule has 1 rings (SSSR count). The van der Waals surface area contributed by atoms with Gasteiger partial charge in [0.1, 0.15) is 5.78 Å². The lowest BCUT2D eigenvalue weighted by Crippen LogP contribution is -2.27. The van der Waals surface area contributed by atoms with Crippen molar-refractivity contribution in [2.45, 2.75) is 97.8 Å². The lowest BCUT2D eigenvalue weighted by Gasteiger charge is -2.25. The Kier molecular flexibility index (Phi) is 11.3. The molecule has 1 atom stereocenters. The summed E-state index contributed by atoms with van der Waals surface area (Å²) in [5.41, 5.74) is 0.268. The molecule has 1 N–H and O–H groups in total. The van der Waals surface area contributed by atoms with Crippen molar-refractivity contribution in [1.29, 1.82) is 0 Å². The smallest absolute Gasteiger partial charge is 0.136 e. The molecule has 1 saturated heterocycles. The van der Waals surface area contributed by atoms with Gasteiger partial charge in [-0.2, -0.15) is 0 Å². The Morgan fingerprint density at radius 2 is 1.67 bits per heavy atom. The van der Waals surface area contributed by atoms with Gasteiger partial charge >= 0.3 is 0 Å². The predicted molar refractivity (Wildman–Crippen MR) is 105 cm³/mol. The number of ketones is 1. The van der Waals surface area contributed by atoms with E-state index in [2.05, 4.69) is 38.2 Å². The first-order valence-corrected chi connectivity index (χ1v) is 10.4. The first kappa shape index (κ1) is 21.4. The van der Waals surface area contributed by atoms with Crippen LogP contribution in [0.2, 0.25) is 0 Å². The van der Waals surface area contributed by atoms with Gasteiger partial charge in [-0.3, -0.25) is 4.79 Å². The average Bonchev–Trinajstić information content (AvgIpc) is 2.73. The molecule has 1 heterocycles. The zero-order valence-electron chi connectivity index (χ0n) is 16.5. The third-order valence-electron chi connectivity index (χ3n) is 5.31. The molecule has 1 unspecified atom stereocenters. The molecule has 0 amide bonds. The van der Waals surface area contributed by atoms with Gasteiger partial charge in [0.15, 0.2) is 0 Å². The summed E-state index contributed by atoms with van der Waals surface area (Å²) in [7, 11) is 0. The molecule has 1 aliphatic rings. The summed E-state index contributed by atoms with van der Waals surface area (Å²) >= 11 is 0. The van der Waals surface area contributed by atoms with Gasteiger partial charge in [-0.25, -0.2) is 0 Å². The lowest BCUT2D eigenvalue weighted by molar-refractivity contribution is -0.123. The molecule has 2 heteroatoms. The van der Waals surface area contributed by atoms with Crippen molar-refractivity contribution in [3.8, 4) is 0 Å². The molecule has 0 saturated carbocycles. The second-order valence-electron chi connectivity index (χ2n) is 8.43. The second-order valence-corrected chi connectivity index (χ2v) is 8.43. The van der Waals surface area contributed by atoms with Crippen molar-refractivity contribution in [2.75, 3.05) is 13.1 Å². The van der Waals surface area contributed by atoms with Crippen molar-refractivity contribution in [3.63, 3.8) is 0 Å². The van der Waals surface area contributed by atoms with Crippen LogP contribution in [0.25, 0.3) is 0 Å². The molecule has 2 nitrogen and oxygen atoms in total. The van der Waals surface area contributed by atoms with E-state index in [1.165, 1.54) is 51.4 Å². The molecule has 0 aromatic heterocycles. The maximum Gasteiger partial charge on any atom is 0.136 e. The molecule has 1 fully saturated rings. The molecule has 0 radical (unpaired) electrons. The number of carbonyl (C=O) groups is 1. The predicted octanol–water partition coefficient (Wildman–Crippen LogP) is 6.06. The van der Waals surface area contributed by atoms with Gasteiger partial charge in [0.25, 0.3) is 0 Å². The van der Waals surface area contributed by atoms with E-state index >= 15 is 0 Å². The van der Waals surface area contributed by atoms with E-state index in [-0.39, 0.29) is 5.41 Å². The number of unbranched alkanes of at least 4 members (excludes halogenated alkanes) is 8. The number of hydrogen-bond donors (Lipinski definition) is 1. The largest absolute Gasteiger partial charge is 0.316 e. The van der Waals surface area contributed by atoms with Crippen LogP contribution in [0.4, 0.5) is 0 Å². The first-order chi connectivity index (χ1) is 11.5. The molecule has 0 spiro atoms. The summed E-state index contributed by atoms with van der Waals surface area (Å²) in [4.78, 5) is 12.5. The van der Waals surface area contributed by atoms with E-state index < -0.39 is 0 Å². The van der Waals surface area contributed by atoms with Crippen molar-refractivity contribution >= 4 is 5.78 Å². The molecule has 140 valence electrons. The Bertz CT molecular complexity index is 359. The quantitative estimate of drug-likeness (QED) is 0.347. The van der Waals surface area contributed by atoms with E-state index in [0.717, 1.165) is 38.8 Å². The highest BCUT2D eigenvalue weighted by Gasteiger charge is 2.29. The van der Waals surface area contributed by atoms with Crippen LogP contribution in [0, 0.1) is 11.3 Å². The number of carbonyl (C=O) groups excluding carboxylic acids is 1. The molecule has 0 aliphatic carbocycles. The fraction of sp³-hybridized carbons (Fsp3) is 0.864. The minimum Gasteiger partial charge on any atom is -0.316 e. The summed E-state index contributed by atoms with van der Waals surface area (Å²) in [6.45, 7) is 8.71. The minimum absolute atomic E-state index is 0.268. The van der Waals surface area contributed by atoms with Crippen LogP contribution >= 0.6 is 0 Å². The van der Waals surface area contributed by atoms with Gasteiger partial charge in [-0.1, -0.05) is 64.5 Å². The summed E-state index contributed by atoms with van der Waals surface area (Å²) in [5.74, 6) is 0.822. The van der Waals surface area contributed by atoms with Gasteiger partial charge in [0.2, 0.25) is 0 Å². The maximum atomic E-state index is 12.5. The fourth-order valence-corrected chi connectivity index (χ4v) is 3.81. The van der Waals surface area contributed by atoms with Crippen LogP contribution in [0.5, 0.6) is 0 Å². The van der Waals surface area contributed by atoms with E-state index in [4.69, 9.17) is 0 Å². The van der Waals surface area contributed by atoms with Gasteiger partial charge in [-0.15, -0.1) is 0 Å². The molecule has 0 bridgehead atoms. The minimum atomic E-state index is 0.268. The zero-order valence-corrected chi connectivity index (χ0v) is 16.5. The summed E-state index contributed by atoms with van der Waals surface area (Å²) in [6, 6.07) is 0. The Morgan fingerprint density at radius 1 is 1.04 bits per heavy atom. The van der Waals surface area contributed by atoms with Gasteiger partial charge < -0.3 is 5.32 Å². The van der Waals surface area contributed by atoms with Gasteiger partial charge in [0.05, 0.1) is 0 Å². The van der Waals surface area contributed by atoms with Crippen LogP contribution < -0.4 is 5.32 Å². The number of allylic oxidation sites excluding steroid dienone is 2. The topological polar surface area (TPSA) is 29.1 Å². The number of rotatable bonds is 12. The molecular weight excluding hydrogens is 294 g/mol. The van der Waals surface area contributed by atoms with E-state index in [0.29, 0.717) is 11.7 Å². The highest BCUT2D eigenvalue weighted by Crippen LogP contribution is 2.30. The van der Waals surface area contributed by atoms with Crippen LogP contribution in [0.15, 0.2) is 12.2 Å². The number of Topliss-reactive ketones (excluding diaryl/α,β-unsaturated/α-hetero) is 1. The van der Waals surface area contributed by atoms with E-state index in [1.54, 1.807) is 0 Å². The standard InChI is InChI=1S/C22H41NO/c1-4-5-6-7-8-9-10-11-12-13-14-15-21(24)20-16-17-23-19-22(2,3)18-20/h4-5,20,23H,6-19H2,1-3H3/b5-4+. The van der Waals surface area contributed by atoms with Crippen molar-refractivity contribution in [3.05, 3.63) is 12.2 Å². The van der Waals surface area contributed by atoms with Crippen LogP contribution in [0.3, 0.4) is 0 Å². The Morgan fingerprint density at radius 3 is 2.33 bits per heavy atom. The van der Waals surface area contributed by atoms with Crippen LogP contribution in [0.1, 0.15) is 97.8 Å². The lowest BCUT2D eigenvalue weighted by atomic mass is 9.80. The monoisotopic (exact) mass is 335 g/mol. The van der Waals surface area contributed by atoms with Crippen molar-refractivity contribution in [1.82, 2.24) is 5.32 Å². The Labute approximate surface area is 150 Å². The Hall–Kier alpha value is -0.630. The normalized spacial score (nSPS) is 21.0. The fourth-order valence-electron chi connectivity index (χ4n) is 3.81. The van der Waals surface area contributed by atoms with Gasteiger partial charge in [-0.05, 0) is 51.0 Å². The molecule has 24 heavy (non-hydrogen) atoms. The maximum absolute atomic E-state index is 12.5. The molecular formula is C22H41NO. The second kappa shape index (κ2) is 12.7. The van der Waals surface area contributed by atoms with E-state index in [9.17, 15) is 4.79 Å². The highest BCUT2D eigenvalue weighted by atomic mass is 16.1. The van der Waals surface area contributed by atoms with Crippen LogP contribution in [-0.2, 0) is 4.79 Å². The Balaban J connectivity index is 1.99. The first-order valence-electron chi connectivity index (χ1n) is 10.4. The summed E-state index contributed by atoms with van der Waals surface area (Å²) < 4.78 is 0. The average molecular weight is 336 g/mol. The summed E-state index contributed by atoms with van der Waals surface area (Å²) in [5, 5.41) is 3.48. The third kappa shape index (κ3) is 10.3. The highest BCUT2D eigenvalue weighted by molar-refractivity contribution is 5.81. The molecule has 0 aromatic carbocycles. The molecule has 0 aromatic rings. The van der Waals surface area contributed by atoms with Crippen LogP contribution in [-0.4, -0.2) is 18.9 Å². The number of hydrogen-bond acceptors (Lipinski definition) is 2. The third-order valence-corrected chi connectivity index (χ3v) is 5.31. The van der Waals surface area contributed by atoms with Crippen molar-refractivity contribution < 1.29 is 4.79 Å². The van der Waals surface area contributed by atoms with Gasteiger partial charge in [0, 0.05) is 18.9 Å². The summed E-state index contributed by atoms with van der Waals surface area (Å²) in [6.07, 6.45) is 19.0. The van der Waals surface area contributed by atoms with Crippen molar-refractivity contribution in [2.24, 2.45) is 11.3 Å². The SMILES string of the molecule is C/C=C/CCCCCCCCCCC(=O)C1CCNCC(C)(C)C1. The number of nitrogens with one attached hydrogen (secondary N) is 1. The zero-order chi connectivity index (χ0) is 17.7. The molecule has 1 aliphatic heterocycles. The van der Waals surface area contributed by atoms with E-state index in [1.807, 2.05) is 0 Å².